The number of carbonyl (C=O) groups excluding carboxylic acids is 1. The molecule has 0 unspecified atom stereocenters. The van der Waals surface area contributed by atoms with Crippen LogP contribution in [0.5, 0.6) is 5.75 Å². The van der Waals surface area contributed by atoms with E-state index in [4.69, 9.17) is 4.74 Å². The number of quaternary nitrogens is 1. The molecule has 132 valence electrons. The van der Waals surface area contributed by atoms with Gasteiger partial charge in [-0.05, 0) is 17.7 Å². The molecular formula is C20H26N3O2+. The van der Waals surface area contributed by atoms with E-state index in [1.165, 1.54) is 4.90 Å². The number of carbonyl (C=O) groups is 1. The fraction of sp³-hybridized carbons (Fsp3) is 0.350. The van der Waals surface area contributed by atoms with Crippen molar-refractivity contribution in [2.75, 3.05) is 44.7 Å². The van der Waals surface area contributed by atoms with Crippen LogP contribution in [-0.2, 0) is 11.3 Å². The number of para-hydroxylation sites is 2. The maximum absolute atomic E-state index is 12.2. The summed E-state index contributed by atoms with van der Waals surface area (Å²) in [6.07, 6.45) is 0. The largest absolute Gasteiger partial charge is 0.495 e. The minimum atomic E-state index is 0.115. The van der Waals surface area contributed by atoms with Crippen LogP contribution >= 0.6 is 0 Å². The van der Waals surface area contributed by atoms with Gasteiger partial charge >= 0.3 is 0 Å². The number of ether oxygens (including phenoxy) is 1. The smallest absolute Gasteiger partial charge is 0.275 e. The van der Waals surface area contributed by atoms with E-state index in [-0.39, 0.29) is 5.91 Å². The van der Waals surface area contributed by atoms with Crippen molar-refractivity contribution in [3.05, 3.63) is 60.2 Å². The van der Waals surface area contributed by atoms with Gasteiger partial charge in [-0.3, -0.25) is 4.79 Å². The van der Waals surface area contributed by atoms with Crippen molar-refractivity contribution in [2.24, 2.45) is 0 Å². The highest BCUT2D eigenvalue weighted by atomic mass is 16.5. The fourth-order valence-electron chi connectivity index (χ4n) is 3.22. The van der Waals surface area contributed by atoms with Crippen LogP contribution in [0.3, 0.4) is 0 Å². The maximum atomic E-state index is 12.2. The highest BCUT2D eigenvalue weighted by Gasteiger charge is 2.23. The number of amides is 1. The second-order valence-corrected chi connectivity index (χ2v) is 6.35. The lowest BCUT2D eigenvalue weighted by Gasteiger charge is -2.34. The Labute approximate surface area is 149 Å². The number of methoxy groups -OCH3 is 1. The minimum Gasteiger partial charge on any atom is -0.495 e. The molecule has 0 spiro atoms. The van der Waals surface area contributed by atoms with Crippen molar-refractivity contribution in [3.8, 4) is 5.75 Å². The molecule has 1 heterocycles. The van der Waals surface area contributed by atoms with Crippen LogP contribution in [0.4, 0.5) is 5.69 Å². The van der Waals surface area contributed by atoms with Gasteiger partial charge in [-0.15, -0.1) is 0 Å². The average molecular weight is 340 g/mol. The zero-order chi connectivity index (χ0) is 17.5. The van der Waals surface area contributed by atoms with E-state index in [1.54, 1.807) is 7.11 Å². The summed E-state index contributed by atoms with van der Waals surface area (Å²) in [7, 11) is 1.71. The normalized spacial score (nSPS) is 15.0. The van der Waals surface area contributed by atoms with Crippen LogP contribution in [0.1, 0.15) is 5.56 Å². The van der Waals surface area contributed by atoms with Gasteiger partial charge in [0.05, 0.1) is 39.0 Å². The number of anilines is 1. The number of nitrogens with one attached hydrogen (secondary N) is 2. The summed E-state index contributed by atoms with van der Waals surface area (Å²) in [5, 5.41) is 3.01. The van der Waals surface area contributed by atoms with E-state index in [1.807, 2.05) is 48.5 Å². The van der Waals surface area contributed by atoms with Gasteiger partial charge in [-0.1, -0.05) is 42.5 Å². The second kappa shape index (κ2) is 8.53. The lowest BCUT2D eigenvalue weighted by molar-refractivity contribution is -0.892. The SMILES string of the molecule is COc1ccccc1N1CC[NH+](CC(=O)NCc2ccccc2)CC1. The van der Waals surface area contributed by atoms with Crippen LogP contribution in [0.25, 0.3) is 0 Å². The van der Waals surface area contributed by atoms with Crippen molar-refractivity contribution in [2.45, 2.75) is 6.54 Å². The zero-order valence-corrected chi connectivity index (χ0v) is 14.7. The predicted molar refractivity (Wildman–Crippen MR) is 99.1 cm³/mol. The molecule has 1 fully saturated rings. The third-order valence-electron chi connectivity index (χ3n) is 4.64. The molecule has 25 heavy (non-hydrogen) atoms. The lowest BCUT2D eigenvalue weighted by atomic mass is 10.2. The molecule has 0 saturated carbocycles. The molecule has 0 radical (unpaired) electrons. The van der Waals surface area contributed by atoms with Gasteiger partial charge in [0.25, 0.3) is 5.91 Å². The van der Waals surface area contributed by atoms with Crippen LogP contribution in [0.2, 0.25) is 0 Å². The summed E-state index contributed by atoms with van der Waals surface area (Å²) in [6.45, 7) is 4.91. The van der Waals surface area contributed by atoms with Gasteiger partial charge < -0.3 is 19.9 Å². The topological polar surface area (TPSA) is 46.0 Å². The quantitative estimate of drug-likeness (QED) is 0.814. The Balaban J connectivity index is 1.45. The van der Waals surface area contributed by atoms with E-state index in [9.17, 15) is 4.79 Å². The Kier molecular flexibility index (Phi) is 5.90. The second-order valence-electron chi connectivity index (χ2n) is 6.35. The molecule has 2 aromatic rings. The number of hydrogen-bond donors (Lipinski definition) is 2. The molecule has 5 heteroatoms. The van der Waals surface area contributed by atoms with Gasteiger partial charge in [0, 0.05) is 6.54 Å². The Morgan fingerprint density at radius 1 is 1.08 bits per heavy atom. The molecule has 1 saturated heterocycles. The molecule has 1 amide bonds. The van der Waals surface area contributed by atoms with E-state index < -0.39 is 0 Å². The van der Waals surface area contributed by atoms with E-state index >= 15 is 0 Å². The summed E-state index contributed by atoms with van der Waals surface area (Å²) < 4.78 is 5.45. The van der Waals surface area contributed by atoms with Crippen LogP contribution in [-0.4, -0.2) is 45.7 Å². The first-order chi connectivity index (χ1) is 12.3. The van der Waals surface area contributed by atoms with Gasteiger partial charge in [0.2, 0.25) is 0 Å². The molecule has 3 rings (SSSR count). The Bertz CT molecular complexity index is 682. The molecule has 1 aliphatic rings. The number of piperazine rings is 1. The minimum absolute atomic E-state index is 0.115. The summed E-state index contributed by atoms with van der Waals surface area (Å²) in [6, 6.07) is 18.1. The molecule has 2 N–H and O–H groups in total. The molecule has 1 aliphatic heterocycles. The number of hydrogen-bond acceptors (Lipinski definition) is 3. The summed E-state index contributed by atoms with van der Waals surface area (Å²) >= 11 is 0. The van der Waals surface area contributed by atoms with E-state index in [0.717, 1.165) is 43.2 Å². The summed E-state index contributed by atoms with van der Waals surface area (Å²) in [4.78, 5) is 15.8. The van der Waals surface area contributed by atoms with Gasteiger partial charge in [0.1, 0.15) is 5.75 Å². The van der Waals surface area contributed by atoms with Crippen molar-refractivity contribution < 1.29 is 14.4 Å². The molecule has 0 aliphatic carbocycles. The molecule has 2 aromatic carbocycles. The first kappa shape index (κ1) is 17.3. The number of benzene rings is 2. The van der Waals surface area contributed by atoms with Crippen LogP contribution in [0, 0.1) is 0 Å². The number of rotatable bonds is 6. The molecule has 0 aromatic heterocycles. The highest BCUT2D eigenvalue weighted by molar-refractivity contribution is 5.76. The van der Waals surface area contributed by atoms with Gasteiger partial charge in [0.15, 0.2) is 6.54 Å². The van der Waals surface area contributed by atoms with Gasteiger partial charge in [-0.2, -0.15) is 0 Å². The maximum Gasteiger partial charge on any atom is 0.275 e. The Hall–Kier alpha value is -2.53. The highest BCUT2D eigenvalue weighted by Crippen LogP contribution is 2.27. The molecule has 0 atom stereocenters. The fourth-order valence-corrected chi connectivity index (χ4v) is 3.22. The predicted octanol–water partition coefficient (Wildman–Crippen LogP) is 0.717. The van der Waals surface area contributed by atoms with Crippen molar-refractivity contribution in [1.29, 1.82) is 0 Å². The first-order valence-corrected chi connectivity index (χ1v) is 8.78. The lowest BCUT2D eigenvalue weighted by Crippen LogP contribution is -3.15. The van der Waals surface area contributed by atoms with E-state index in [0.29, 0.717) is 13.1 Å². The third kappa shape index (κ3) is 4.73. The summed E-state index contributed by atoms with van der Waals surface area (Å²) in [5.41, 5.74) is 2.27. The van der Waals surface area contributed by atoms with Crippen molar-refractivity contribution in [3.63, 3.8) is 0 Å². The zero-order valence-electron chi connectivity index (χ0n) is 14.7. The molecule has 0 bridgehead atoms. The number of nitrogens with zero attached hydrogens (tertiary/aromatic N) is 1. The Morgan fingerprint density at radius 3 is 2.48 bits per heavy atom. The third-order valence-corrected chi connectivity index (χ3v) is 4.64. The standard InChI is InChI=1S/C20H25N3O2/c1-25-19-10-6-5-9-18(19)23-13-11-22(12-14-23)16-20(24)21-15-17-7-3-2-4-8-17/h2-10H,11-16H2,1H3,(H,21,24)/p+1. The van der Waals surface area contributed by atoms with E-state index in [2.05, 4.69) is 16.3 Å². The van der Waals surface area contributed by atoms with Crippen LogP contribution < -0.4 is 19.9 Å². The van der Waals surface area contributed by atoms with Gasteiger partial charge in [-0.25, -0.2) is 0 Å². The van der Waals surface area contributed by atoms with Crippen molar-refractivity contribution >= 4 is 11.6 Å². The van der Waals surface area contributed by atoms with Crippen molar-refractivity contribution in [1.82, 2.24) is 5.32 Å². The Morgan fingerprint density at radius 2 is 1.76 bits per heavy atom. The monoisotopic (exact) mass is 340 g/mol. The first-order valence-electron chi connectivity index (χ1n) is 8.78. The average Bonchev–Trinajstić information content (AvgIpc) is 2.68. The summed E-state index contributed by atoms with van der Waals surface area (Å²) in [5.74, 6) is 1.02. The molecular weight excluding hydrogens is 314 g/mol. The molecule has 5 nitrogen and oxygen atoms in total. The van der Waals surface area contributed by atoms with Crippen LogP contribution in [0.15, 0.2) is 54.6 Å².